The van der Waals surface area contributed by atoms with E-state index < -0.39 is 15.1 Å². The van der Waals surface area contributed by atoms with Crippen LogP contribution in [0.15, 0.2) is 0 Å². The van der Waals surface area contributed by atoms with Crippen molar-refractivity contribution >= 4 is 28.2 Å². The third-order valence-corrected chi connectivity index (χ3v) is 7.00. The lowest BCUT2D eigenvalue weighted by Crippen LogP contribution is -2.47. The summed E-state index contributed by atoms with van der Waals surface area (Å²) < 4.78 is 25.6. The van der Waals surface area contributed by atoms with Crippen molar-refractivity contribution < 1.29 is 13.2 Å². The van der Waals surface area contributed by atoms with Crippen molar-refractivity contribution in [2.45, 2.75) is 62.9 Å². The Bertz CT molecular complexity index is 421. The minimum absolute atomic E-state index is 0. The van der Waals surface area contributed by atoms with Crippen molar-refractivity contribution in [2.24, 2.45) is 5.92 Å². The predicted octanol–water partition coefficient (Wildman–Crippen LogP) is 1.91. The molecular weight excluding hydrogens is 324 g/mol. The van der Waals surface area contributed by atoms with Crippen LogP contribution in [0.4, 0.5) is 0 Å². The van der Waals surface area contributed by atoms with Gasteiger partial charge in [0.25, 0.3) is 0 Å². The molecule has 1 saturated carbocycles. The summed E-state index contributed by atoms with van der Waals surface area (Å²) in [7, 11) is -1.54. The first-order valence-electron chi connectivity index (χ1n) is 8.06. The van der Waals surface area contributed by atoms with Crippen molar-refractivity contribution in [1.82, 2.24) is 10.6 Å². The average molecular weight is 355 g/mol. The van der Waals surface area contributed by atoms with Gasteiger partial charge in [-0.3, -0.25) is 4.79 Å². The van der Waals surface area contributed by atoms with Gasteiger partial charge in [0.2, 0.25) is 5.91 Å². The fourth-order valence-corrected chi connectivity index (χ4v) is 5.56. The first-order chi connectivity index (χ1) is 9.91. The Kier molecular flexibility index (Phi) is 10.3. The summed E-state index contributed by atoms with van der Waals surface area (Å²) >= 11 is 0. The maximum Gasteiger partial charge on any atom is 0.238 e. The van der Waals surface area contributed by atoms with E-state index in [1.807, 2.05) is 20.9 Å². The van der Waals surface area contributed by atoms with E-state index in [9.17, 15) is 13.2 Å². The highest BCUT2D eigenvalue weighted by Crippen LogP contribution is 2.28. The normalized spacial score (nSPS) is 17.8. The Balaban J connectivity index is 0.00000441. The van der Waals surface area contributed by atoms with Crippen molar-refractivity contribution in [3.63, 3.8) is 0 Å². The molecule has 0 saturated heterocycles. The third kappa shape index (κ3) is 6.05. The molecule has 0 aromatic carbocycles. The second-order valence-corrected chi connectivity index (χ2v) is 8.61. The first-order valence-corrected chi connectivity index (χ1v) is 9.67. The smallest absolute Gasteiger partial charge is 0.238 e. The number of amides is 1. The number of hydrogen-bond donors (Lipinski definition) is 2. The molecule has 1 unspecified atom stereocenters. The first kappa shape index (κ1) is 21.7. The summed E-state index contributed by atoms with van der Waals surface area (Å²) in [6.07, 6.45) is 5.24. The van der Waals surface area contributed by atoms with Gasteiger partial charge in [0, 0.05) is 6.54 Å². The molecule has 1 atom stereocenters. The largest absolute Gasteiger partial charge is 0.355 e. The molecule has 132 valence electrons. The van der Waals surface area contributed by atoms with Gasteiger partial charge < -0.3 is 10.6 Å². The molecule has 1 fully saturated rings. The molecule has 1 aliphatic rings. The maximum absolute atomic E-state index is 12.8. The van der Waals surface area contributed by atoms with E-state index in [1.165, 1.54) is 0 Å². The van der Waals surface area contributed by atoms with E-state index in [0.29, 0.717) is 19.4 Å². The SMILES string of the molecule is CNCCCNC(=O)C(C(C)C)S(=O)(=O)C1CCCCC1.Cl. The van der Waals surface area contributed by atoms with Gasteiger partial charge >= 0.3 is 0 Å². The van der Waals surface area contributed by atoms with Crippen LogP contribution in [0.1, 0.15) is 52.4 Å². The summed E-state index contributed by atoms with van der Waals surface area (Å²) in [4.78, 5) is 12.3. The Morgan fingerprint density at radius 3 is 2.23 bits per heavy atom. The summed E-state index contributed by atoms with van der Waals surface area (Å²) in [6, 6.07) is 0. The third-order valence-electron chi connectivity index (χ3n) is 4.14. The molecule has 1 rings (SSSR count). The van der Waals surface area contributed by atoms with E-state index in [0.717, 1.165) is 32.2 Å². The van der Waals surface area contributed by atoms with Gasteiger partial charge in [-0.25, -0.2) is 8.42 Å². The average Bonchev–Trinajstić information content (AvgIpc) is 2.44. The van der Waals surface area contributed by atoms with Crippen LogP contribution in [0.5, 0.6) is 0 Å². The van der Waals surface area contributed by atoms with E-state index in [1.54, 1.807) is 0 Å². The number of halogens is 1. The molecule has 1 amide bonds. The highest BCUT2D eigenvalue weighted by molar-refractivity contribution is 7.93. The molecular formula is C15H31ClN2O3S. The van der Waals surface area contributed by atoms with Crippen LogP contribution in [0.3, 0.4) is 0 Å². The number of nitrogens with one attached hydrogen (secondary N) is 2. The molecule has 1 aliphatic carbocycles. The Hall–Kier alpha value is -0.330. The van der Waals surface area contributed by atoms with Gasteiger partial charge in [0.15, 0.2) is 9.84 Å². The van der Waals surface area contributed by atoms with E-state index in [2.05, 4.69) is 10.6 Å². The Labute approximate surface area is 141 Å². The van der Waals surface area contributed by atoms with Gasteiger partial charge in [-0.2, -0.15) is 0 Å². The lowest BCUT2D eigenvalue weighted by atomic mass is 10.0. The van der Waals surface area contributed by atoms with Crippen molar-refractivity contribution in [3.8, 4) is 0 Å². The number of rotatable bonds is 8. The standard InChI is InChI=1S/C15H30N2O3S.ClH/c1-12(2)14(15(18)17-11-7-10-16-3)21(19,20)13-8-5-4-6-9-13;/h12-14,16H,4-11H2,1-3H3,(H,17,18);1H. The van der Waals surface area contributed by atoms with Crippen LogP contribution in [0.25, 0.3) is 0 Å². The molecule has 2 N–H and O–H groups in total. The van der Waals surface area contributed by atoms with E-state index in [4.69, 9.17) is 0 Å². The Morgan fingerprint density at radius 1 is 1.14 bits per heavy atom. The molecule has 0 aromatic heterocycles. The zero-order valence-corrected chi connectivity index (χ0v) is 15.6. The lowest BCUT2D eigenvalue weighted by Gasteiger charge is -2.28. The van der Waals surface area contributed by atoms with Crippen molar-refractivity contribution in [3.05, 3.63) is 0 Å². The van der Waals surface area contributed by atoms with Gasteiger partial charge in [0.1, 0.15) is 5.25 Å². The summed E-state index contributed by atoms with van der Waals surface area (Å²) in [6.45, 7) is 4.96. The molecule has 0 aromatic rings. The quantitative estimate of drug-likeness (QED) is 0.653. The van der Waals surface area contributed by atoms with Crippen molar-refractivity contribution in [2.75, 3.05) is 20.1 Å². The summed E-state index contributed by atoms with van der Waals surface area (Å²) in [5.74, 6) is -0.520. The Morgan fingerprint density at radius 2 is 1.73 bits per heavy atom. The minimum atomic E-state index is -3.39. The van der Waals surface area contributed by atoms with Gasteiger partial charge in [-0.15, -0.1) is 12.4 Å². The van der Waals surface area contributed by atoms with Crippen molar-refractivity contribution in [1.29, 1.82) is 0 Å². The van der Waals surface area contributed by atoms with Crippen LogP contribution in [0, 0.1) is 5.92 Å². The maximum atomic E-state index is 12.8. The number of carbonyl (C=O) groups is 1. The van der Waals surface area contributed by atoms with Crippen LogP contribution >= 0.6 is 12.4 Å². The molecule has 7 heteroatoms. The van der Waals surface area contributed by atoms with Gasteiger partial charge in [0.05, 0.1) is 5.25 Å². The predicted molar refractivity (Wildman–Crippen MR) is 93.2 cm³/mol. The van der Waals surface area contributed by atoms with E-state index in [-0.39, 0.29) is 29.5 Å². The molecule has 0 bridgehead atoms. The number of hydrogen-bond acceptors (Lipinski definition) is 4. The lowest BCUT2D eigenvalue weighted by molar-refractivity contribution is -0.121. The zero-order chi connectivity index (χ0) is 15.9. The molecule has 0 spiro atoms. The van der Waals surface area contributed by atoms with Gasteiger partial charge in [-0.05, 0) is 38.8 Å². The fraction of sp³-hybridized carbons (Fsp3) is 0.933. The van der Waals surface area contributed by atoms with E-state index >= 15 is 0 Å². The fourth-order valence-electron chi connectivity index (χ4n) is 3.01. The second kappa shape index (κ2) is 10.4. The molecule has 0 radical (unpaired) electrons. The highest BCUT2D eigenvalue weighted by atomic mass is 35.5. The summed E-state index contributed by atoms with van der Waals surface area (Å²) in [5.41, 5.74) is 0. The monoisotopic (exact) mass is 354 g/mol. The molecule has 22 heavy (non-hydrogen) atoms. The van der Waals surface area contributed by atoms with Crippen LogP contribution in [-0.4, -0.2) is 45.0 Å². The highest BCUT2D eigenvalue weighted by Gasteiger charge is 2.40. The zero-order valence-electron chi connectivity index (χ0n) is 13.9. The van der Waals surface area contributed by atoms with Crippen LogP contribution in [-0.2, 0) is 14.6 Å². The van der Waals surface area contributed by atoms with Crippen LogP contribution < -0.4 is 10.6 Å². The second-order valence-electron chi connectivity index (χ2n) is 6.26. The number of carbonyl (C=O) groups excluding carboxylic acids is 1. The van der Waals surface area contributed by atoms with Crippen LogP contribution in [0.2, 0.25) is 0 Å². The minimum Gasteiger partial charge on any atom is -0.355 e. The van der Waals surface area contributed by atoms with Gasteiger partial charge in [-0.1, -0.05) is 33.1 Å². The molecule has 5 nitrogen and oxygen atoms in total. The topological polar surface area (TPSA) is 75.3 Å². The molecule has 0 aliphatic heterocycles. The molecule has 0 heterocycles. The summed E-state index contributed by atoms with van der Waals surface area (Å²) in [5, 5.41) is 4.55. The number of sulfone groups is 1.